The molecule has 0 aliphatic carbocycles. The number of hydrogen-bond acceptors (Lipinski definition) is 4. The summed E-state index contributed by atoms with van der Waals surface area (Å²) < 4.78 is 103. The quantitative estimate of drug-likeness (QED) is 0.142. The first-order chi connectivity index (χ1) is 57.6. The van der Waals surface area contributed by atoms with Crippen LogP contribution in [0, 0.1) is 13.7 Å². The van der Waals surface area contributed by atoms with Crippen molar-refractivity contribution < 1.29 is 18.1 Å². The Morgan fingerprint density at radius 1 is 0.339 bits per heavy atom. The third-order valence-electron chi connectivity index (χ3n) is 23.6. The van der Waals surface area contributed by atoms with Gasteiger partial charge in [0, 0.05) is 94.9 Å². The average molecular weight is 1480 g/mol. The highest BCUT2D eigenvalue weighted by atomic mass is 32.1. The number of aryl methyl sites for hydroxylation is 2. The van der Waals surface area contributed by atoms with E-state index in [0.29, 0.717) is 27.7 Å². The van der Waals surface area contributed by atoms with Crippen LogP contribution in [0.1, 0.15) is 157 Å². The molecule has 0 bridgehead atoms. The van der Waals surface area contributed by atoms with Gasteiger partial charge in [-0.2, -0.15) is 0 Å². The third kappa shape index (κ3) is 11.6. The summed E-state index contributed by atoms with van der Waals surface area (Å²) in [5.41, 5.74) is 23.6. The van der Waals surface area contributed by atoms with Crippen LogP contribution in [-0.4, -0.2) is 11.3 Å². The monoisotopic (exact) mass is 1480 g/mol. The lowest BCUT2D eigenvalue weighted by Gasteiger charge is -2.46. The Morgan fingerprint density at radius 3 is 1.44 bits per heavy atom. The molecule has 14 aromatic carbocycles. The van der Waals surface area contributed by atoms with Gasteiger partial charge in [0.05, 0.1) is 33.6 Å². The smallest absolute Gasteiger partial charge is 0.252 e. The molecular weight excluding hydrogens is 1370 g/mol. The second-order valence-electron chi connectivity index (χ2n) is 36.2. The van der Waals surface area contributed by atoms with Gasteiger partial charge in [0.15, 0.2) is 0 Å². The molecule has 17 aromatic rings. The Labute approximate surface area is 678 Å². The fraction of sp³-hybridized carbons (Fsp3) is 0.208. The van der Waals surface area contributed by atoms with Crippen LogP contribution < -0.4 is 26.2 Å². The van der Waals surface area contributed by atoms with E-state index in [1.807, 2.05) is 18.2 Å². The van der Waals surface area contributed by atoms with Crippen molar-refractivity contribution in [2.45, 2.75) is 145 Å². The first-order valence-corrected chi connectivity index (χ1v) is 40.0. The number of anilines is 6. The molecule has 0 fully saturated rings. The largest absolute Gasteiger partial charge is 0.456 e. The van der Waals surface area contributed by atoms with Gasteiger partial charge in [-0.25, -0.2) is 0 Å². The van der Waals surface area contributed by atoms with Crippen molar-refractivity contribution >= 4 is 132 Å². The predicted molar refractivity (Wildman–Crippen MR) is 485 cm³/mol. The zero-order valence-corrected chi connectivity index (χ0v) is 67.2. The van der Waals surface area contributed by atoms with Crippen molar-refractivity contribution in [3.63, 3.8) is 0 Å². The van der Waals surface area contributed by atoms with Crippen LogP contribution in [0.15, 0.2) is 277 Å². The molecule has 0 N–H and O–H groups in total. The number of thiophene rings is 1. The molecule has 0 spiro atoms. The van der Waals surface area contributed by atoms with Crippen molar-refractivity contribution in [2.24, 2.45) is 0 Å². The lowest BCUT2D eigenvalue weighted by atomic mass is 9.33. The maximum absolute atomic E-state index is 9.99. The summed E-state index contributed by atoms with van der Waals surface area (Å²) in [4.78, 5) is 5.08. The van der Waals surface area contributed by atoms with Crippen LogP contribution in [-0.2, 0) is 27.1 Å². The fourth-order valence-electron chi connectivity index (χ4n) is 17.7. The molecule has 550 valence electrons. The van der Waals surface area contributed by atoms with Gasteiger partial charge in [0.2, 0.25) is 0 Å². The molecule has 0 saturated heterocycles. The molecule has 3 aromatic heterocycles. The van der Waals surface area contributed by atoms with Crippen molar-refractivity contribution in [1.82, 2.24) is 4.57 Å². The number of rotatable bonds is 8. The Kier molecular flexibility index (Phi) is 13.8. The number of furan rings is 1. The molecule has 4 nitrogen and oxygen atoms in total. The molecule has 0 atom stereocenters. The van der Waals surface area contributed by atoms with Crippen LogP contribution in [0.3, 0.4) is 0 Å². The van der Waals surface area contributed by atoms with E-state index in [9.17, 15) is 4.11 Å². The molecular formula is C106H96BN3OS. The van der Waals surface area contributed by atoms with Gasteiger partial charge < -0.3 is 18.8 Å². The topological polar surface area (TPSA) is 24.6 Å². The van der Waals surface area contributed by atoms with Gasteiger partial charge in [0.1, 0.15) is 11.2 Å². The summed E-state index contributed by atoms with van der Waals surface area (Å²) in [6.45, 7) is 28.1. The zero-order chi connectivity index (χ0) is 86.0. The van der Waals surface area contributed by atoms with E-state index in [1.165, 1.54) is 17.2 Å². The van der Waals surface area contributed by atoms with Crippen LogP contribution in [0.4, 0.5) is 34.1 Å². The molecule has 2 aliphatic heterocycles. The van der Waals surface area contributed by atoms with Gasteiger partial charge in [-0.3, -0.25) is 0 Å². The number of benzene rings is 14. The predicted octanol–water partition coefficient (Wildman–Crippen LogP) is 28.6. The highest BCUT2D eigenvalue weighted by Gasteiger charge is 2.47. The molecule has 19 rings (SSSR count). The van der Waals surface area contributed by atoms with Crippen molar-refractivity contribution in [3.8, 4) is 61.3 Å². The van der Waals surface area contributed by atoms with Gasteiger partial charge in [-0.1, -0.05) is 291 Å². The number of aromatic nitrogens is 1. The van der Waals surface area contributed by atoms with Crippen molar-refractivity contribution in [2.75, 3.05) is 9.80 Å². The van der Waals surface area contributed by atoms with Crippen LogP contribution in [0.5, 0.6) is 0 Å². The summed E-state index contributed by atoms with van der Waals surface area (Å²) in [6.07, 6.45) is 0. The molecule has 0 amide bonds. The number of para-hydroxylation sites is 1. The van der Waals surface area contributed by atoms with Crippen molar-refractivity contribution in [1.29, 1.82) is 0 Å². The molecule has 5 heterocycles. The zero-order valence-electron chi connectivity index (χ0n) is 76.4. The van der Waals surface area contributed by atoms with Crippen LogP contribution in [0.2, 0.25) is 0 Å². The highest BCUT2D eigenvalue weighted by Crippen LogP contribution is 2.58. The minimum absolute atomic E-state index is 0.0513. The van der Waals surface area contributed by atoms with Crippen LogP contribution >= 0.6 is 11.3 Å². The second kappa shape index (κ2) is 25.6. The van der Waals surface area contributed by atoms with E-state index >= 15 is 0 Å². The molecule has 2 aliphatic rings. The SMILES string of the molecule is [2H]c1c([2H])c([2H])c2c(oc3cccc(-c4cc(C(C)(C)C)cc(-c5cccc6sc7ccccc7c56)c4N4c5ccc(-c6cc(C([2H])([2H])[2H])cc(C([2H])([2H])[2H])c6)cc5B5c6ccc(C(C)(C)C)cc6N(c6c(-c7ccccc7)cc(C(C)(C)C)cc6-c6ccccc6)c6cc(-n7c8ccc(C(C)(C)C)cc8c8cc(C(C)(C)C)ccc87)cc4c65)c32)c1[2H]. The fourth-order valence-corrected chi connectivity index (χ4v) is 18.9. The minimum Gasteiger partial charge on any atom is -0.456 e. The summed E-state index contributed by atoms with van der Waals surface area (Å²) in [5.74, 6) is 0. The molecule has 6 heteroatoms. The summed E-state index contributed by atoms with van der Waals surface area (Å²) in [5, 5.41) is 5.18. The summed E-state index contributed by atoms with van der Waals surface area (Å²) in [7, 11) is 0. The Bertz CT molecular complexity index is 7090. The molecule has 0 unspecified atom stereocenters. The first kappa shape index (κ1) is 60.3. The molecule has 0 radical (unpaired) electrons. The molecule has 0 saturated carbocycles. The van der Waals surface area contributed by atoms with Gasteiger partial charge in [-0.05, 0) is 215 Å². The van der Waals surface area contributed by atoms with Gasteiger partial charge >= 0.3 is 0 Å². The van der Waals surface area contributed by atoms with E-state index in [1.54, 1.807) is 23.5 Å². The van der Waals surface area contributed by atoms with Gasteiger partial charge in [0.25, 0.3) is 6.71 Å². The van der Waals surface area contributed by atoms with Gasteiger partial charge in [-0.15, -0.1) is 11.3 Å². The van der Waals surface area contributed by atoms with E-state index in [-0.39, 0.29) is 61.9 Å². The summed E-state index contributed by atoms with van der Waals surface area (Å²) >= 11 is 1.75. The molecule has 112 heavy (non-hydrogen) atoms. The normalized spacial score (nSPS) is 14.9. The lowest BCUT2D eigenvalue weighted by Crippen LogP contribution is -2.61. The first-order valence-electron chi connectivity index (χ1n) is 44.2. The van der Waals surface area contributed by atoms with Crippen LogP contribution in [0.25, 0.3) is 125 Å². The standard InChI is InChI=1S/C106H96BN3OS/c1-63-50-64(2)52-68(51-63)67-42-47-89-86(53-67)107-85-46-43-71(104(9,10)11)60-90(85)110(100-79(65-30-20-18-21-31-65)56-72(105(12,13)14)57-80(100)66-32-22-19-23-33-66)92-62-74(108-87-48-44-69(102(3,4)5)54-81(87)82-55-70(103(6,7)8)45-49-88(82)108)61-91(99(92)107)109(89)101-83(75-36-28-39-94-97(75)77-34-24-26-38-93(77)111-94)58-73(106(15,16)17)59-84(101)76-37-29-41-96-98(76)78-35-25-27-40-95(78)112-96/h18-62H,1-17H3/i1D3,2D3,24D,26D,34D,38D. The maximum atomic E-state index is 9.99. The Hall–Kier alpha value is -11.4. The van der Waals surface area contributed by atoms with E-state index < -0.39 is 31.9 Å². The second-order valence-corrected chi connectivity index (χ2v) is 37.3. The highest BCUT2D eigenvalue weighted by molar-refractivity contribution is 7.26. The van der Waals surface area contributed by atoms with E-state index in [0.717, 1.165) is 154 Å². The Morgan fingerprint density at radius 2 is 0.848 bits per heavy atom. The third-order valence-corrected chi connectivity index (χ3v) is 24.8. The summed E-state index contributed by atoms with van der Waals surface area (Å²) in [6, 6.07) is 88.0. The maximum Gasteiger partial charge on any atom is 0.252 e. The number of nitrogens with zero attached hydrogens (tertiary/aromatic N) is 3. The Balaban J connectivity index is 1.08. The average Bonchev–Trinajstić information content (AvgIpc) is 0.906. The van der Waals surface area contributed by atoms with Crippen molar-refractivity contribution in [3.05, 3.63) is 312 Å². The number of hydrogen-bond donors (Lipinski definition) is 0. The lowest BCUT2D eigenvalue weighted by molar-refractivity contribution is 0.590. The number of fused-ring (bicyclic) bond motifs is 13. The minimum atomic E-state index is -2.67. The van der Waals surface area contributed by atoms with E-state index in [4.69, 9.17) is 14.0 Å². The van der Waals surface area contributed by atoms with E-state index in [2.05, 4.69) is 331 Å².